The number of carbonyl (C=O) groups is 1. The van der Waals surface area contributed by atoms with Gasteiger partial charge in [0.2, 0.25) is 5.91 Å². The Morgan fingerprint density at radius 1 is 1.09 bits per heavy atom. The van der Waals surface area contributed by atoms with E-state index >= 15 is 0 Å². The number of halogens is 1. The van der Waals surface area contributed by atoms with Gasteiger partial charge in [-0.05, 0) is 97.9 Å². The van der Waals surface area contributed by atoms with Crippen LogP contribution < -0.4 is 14.4 Å². The average molecular weight is 623 g/mol. The zero-order valence-corrected chi connectivity index (χ0v) is 26.1. The quantitative estimate of drug-likeness (QED) is 0.319. The Kier molecular flexibility index (Phi) is 8.72. The number of benzene rings is 3. The van der Waals surface area contributed by atoms with E-state index in [-0.39, 0.29) is 16.7 Å². The summed E-state index contributed by atoms with van der Waals surface area (Å²) in [6.45, 7) is 5.44. The third-order valence-electron chi connectivity index (χ3n) is 9.34. The molecule has 0 saturated heterocycles. The van der Waals surface area contributed by atoms with Crippen molar-refractivity contribution in [2.24, 2.45) is 11.8 Å². The van der Waals surface area contributed by atoms with Gasteiger partial charge in [0, 0.05) is 36.7 Å². The number of hydrogen-bond acceptors (Lipinski definition) is 6. The van der Waals surface area contributed by atoms with Gasteiger partial charge >= 0.3 is 0 Å². The van der Waals surface area contributed by atoms with E-state index in [1.54, 1.807) is 24.3 Å². The largest absolute Gasteiger partial charge is 0.490 e. The summed E-state index contributed by atoms with van der Waals surface area (Å²) < 4.78 is 41.5. The SMILES string of the molecule is CCOC[C@@H]1CC[C@H]1CN1C[C@@]2(CCCc3cc(Cl)ccc32)COc2ccc(S(=O)(=O)NC(=O)Cc3ccccc3)cc21. The van der Waals surface area contributed by atoms with Crippen LogP contribution in [0.25, 0.3) is 0 Å². The van der Waals surface area contributed by atoms with Crippen molar-refractivity contribution in [1.82, 2.24) is 4.72 Å². The molecule has 0 unspecified atom stereocenters. The second-order valence-electron chi connectivity index (χ2n) is 12.2. The van der Waals surface area contributed by atoms with Crippen molar-refractivity contribution in [3.8, 4) is 5.75 Å². The Labute approximate surface area is 259 Å². The second kappa shape index (κ2) is 12.5. The fourth-order valence-electron chi connectivity index (χ4n) is 6.94. The highest BCUT2D eigenvalue weighted by molar-refractivity contribution is 7.90. The Balaban J connectivity index is 1.32. The maximum atomic E-state index is 13.4. The number of fused-ring (bicyclic) bond motifs is 3. The summed E-state index contributed by atoms with van der Waals surface area (Å²) >= 11 is 6.39. The first-order valence-electron chi connectivity index (χ1n) is 15.2. The number of anilines is 1. The van der Waals surface area contributed by atoms with E-state index in [2.05, 4.69) is 21.8 Å². The van der Waals surface area contributed by atoms with Crippen molar-refractivity contribution in [3.63, 3.8) is 0 Å². The fourth-order valence-corrected chi connectivity index (χ4v) is 8.14. The summed E-state index contributed by atoms with van der Waals surface area (Å²) in [6, 6.07) is 20.2. The number of aryl methyl sites for hydroxylation is 1. The van der Waals surface area contributed by atoms with E-state index in [1.807, 2.05) is 31.2 Å². The highest BCUT2D eigenvalue weighted by Gasteiger charge is 2.43. The molecule has 1 amide bonds. The van der Waals surface area contributed by atoms with Gasteiger partial charge in [-0.1, -0.05) is 48.0 Å². The van der Waals surface area contributed by atoms with Crippen molar-refractivity contribution in [2.75, 3.05) is 37.8 Å². The highest BCUT2D eigenvalue weighted by Crippen LogP contribution is 2.46. The lowest BCUT2D eigenvalue weighted by atomic mass is 9.69. The van der Waals surface area contributed by atoms with Crippen LogP contribution in [0.4, 0.5) is 5.69 Å². The Hall–Kier alpha value is -3.07. The van der Waals surface area contributed by atoms with Gasteiger partial charge in [-0.3, -0.25) is 4.79 Å². The standard InChI is InChI=1S/C34H39ClN2O5S/c1-2-41-21-27-11-10-26(27)20-37-22-34(16-6-9-25-18-28(35)12-14-30(25)34)23-42-32-15-13-29(19-31(32)37)43(39,40)36-33(38)17-24-7-4-3-5-8-24/h3-5,7-8,12-15,18-19,26-27H,2,6,9-11,16-17,20-23H2,1H3,(H,36,38)/t26-,27-,34-/m0/s1. The number of nitrogens with zero attached hydrogens (tertiary/aromatic N) is 1. The van der Waals surface area contributed by atoms with Crippen LogP contribution in [0.15, 0.2) is 71.6 Å². The molecule has 3 aliphatic rings. The maximum absolute atomic E-state index is 13.4. The third kappa shape index (κ3) is 6.42. The van der Waals surface area contributed by atoms with Crippen LogP contribution >= 0.6 is 11.6 Å². The number of rotatable bonds is 9. The smallest absolute Gasteiger partial charge is 0.264 e. The van der Waals surface area contributed by atoms with Gasteiger partial charge in [0.25, 0.3) is 10.0 Å². The predicted octanol–water partition coefficient (Wildman–Crippen LogP) is 5.92. The van der Waals surface area contributed by atoms with Crippen LogP contribution in [0.1, 0.15) is 49.3 Å². The van der Waals surface area contributed by atoms with Gasteiger partial charge in [0.15, 0.2) is 0 Å². The molecule has 1 heterocycles. The molecule has 3 atom stereocenters. The molecule has 0 radical (unpaired) electrons. The molecule has 1 fully saturated rings. The summed E-state index contributed by atoms with van der Waals surface area (Å²) in [5, 5.41) is 0.739. The van der Waals surface area contributed by atoms with E-state index in [0.717, 1.165) is 61.5 Å². The van der Waals surface area contributed by atoms with Crippen LogP contribution in [-0.4, -0.2) is 47.2 Å². The lowest BCUT2D eigenvalue weighted by molar-refractivity contribution is -0.118. The van der Waals surface area contributed by atoms with Gasteiger partial charge in [-0.15, -0.1) is 0 Å². The molecule has 1 N–H and O–H groups in total. The van der Waals surface area contributed by atoms with Crippen LogP contribution in [0.3, 0.4) is 0 Å². The molecule has 228 valence electrons. The van der Waals surface area contributed by atoms with Crippen LogP contribution in [0.2, 0.25) is 5.02 Å². The predicted molar refractivity (Wildman–Crippen MR) is 168 cm³/mol. The number of amides is 1. The van der Waals surface area contributed by atoms with Crippen LogP contribution in [0.5, 0.6) is 5.75 Å². The average Bonchev–Trinajstić information content (AvgIpc) is 3.12. The highest BCUT2D eigenvalue weighted by atomic mass is 35.5. The first kappa shape index (κ1) is 30.0. The van der Waals surface area contributed by atoms with E-state index in [0.29, 0.717) is 37.3 Å². The first-order chi connectivity index (χ1) is 20.8. The first-order valence-corrected chi connectivity index (χ1v) is 17.1. The number of ether oxygens (including phenoxy) is 2. The Morgan fingerprint density at radius 2 is 1.91 bits per heavy atom. The lowest BCUT2D eigenvalue weighted by Crippen LogP contribution is -2.48. The minimum Gasteiger partial charge on any atom is -0.490 e. The van der Waals surface area contributed by atoms with Gasteiger partial charge in [-0.25, -0.2) is 13.1 Å². The topological polar surface area (TPSA) is 84.9 Å². The molecular formula is C34H39ClN2O5S. The van der Waals surface area contributed by atoms with Crippen molar-refractivity contribution in [2.45, 2.75) is 55.8 Å². The van der Waals surface area contributed by atoms with Gasteiger partial charge < -0.3 is 14.4 Å². The van der Waals surface area contributed by atoms with Crippen molar-refractivity contribution in [1.29, 1.82) is 0 Å². The fraction of sp³-hybridized carbons (Fsp3) is 0.441. The number of nitrogens with one attached hydrogen (secondary N) is 1. The van der Waals surface area contributed by atoms with Gasteiger partial charge in [-0.2, -0.15) is 0 Å². The third-order valence-corrected chi connectivity index (χ3v) is 10.9. The molecule has 2 aliphatic carbocycles. The van der Waals surface area contributed by atoms with Crippen LogP contribution in [0, 0.1) is 11.8 Å². The molecule has 3 aromatic carbocycles. The molecule has 1 spiro atoms. The molecule has 7 nitrogen and oxygen atoms in total. The normalized spacial score (nSPS) is 23.0. The molecule has 1 saturated carbocycles. The molecule has 1 aliphatic heterocycles. The monoisotopic (exact) mass is 622 g/mol. The summed E-state index contributed by atoms with van der Waals surface area (Å²) in [5.74, 6) is 1.01. The van der Waals surface area contributed by atoms with E-state index in [4.69, 9.17) is 21.1 Å². The minimum atomic E-state index is -4.09. The molecule has 0 aromatic heterocycles. The number of carbonyl (C=O) groups excluding carboxylic acids is 1. The van der Waals surface area contributed by atoms with E-state index in [9.17, 15) is 13.2 Å². The second-order valence-corrected chi connectivity index (χ2v) is 14.3. The van der Waals surface area contributed by atoms with Crippen molar-refractivity contribution < 1.29 is 22.7 Å². The van der Waals surface area contributed by atoms with Gasteiger partial charge in [0.1, 0.15) is 5.75 Å². The zero-order chi connectivity index (χ0) is 30.0. The Morgan fingerprint density at radius 3 is 2.67 bits per heavy atom. The Bertz CT molecular complexity index is 1580. The molecule has 6 rings (SSSR count). The molecule has 43 heavy (non-hydrogen) atoms. The molecule has 3 aromatic rings. The van der Waals surface area contributed by atoms with Crippen molar-refractivity contribution >= 4 is 33.2 Å². The maximum Gasteiger partial charge on any atom is 0.264 e. The van der Waals surface area contributed by atoms with Crippen LogP contribution in [-0.2, 0) is 37.8 Å². The number of sulfonamides is 1. The lowest BCUT2D eigenvalue weighted by Gasteiger charge is -2.44. The molecule has 9 heteroatoms. The molecule has 0 bridgehead atoms. The van der Waals surface area contributed by atoms with E-state index in [1.165, 1.54) is 17.2 Å². The summed E-state index contributed by atoms with van der Waals surface area (Å²) in [7, 11) is -4.09. The minimum absolute atomic E-state index is 0.0188. The molecular weight excluding hydrogens is 584 g/mol. The number of hydrogen-bond donors (Lipinski definition) is 1. The summed E-state index contributed by atoms with van der Waals surface area (Å²) in [5.41, 5.74) is 3.77. The zero-order valence-electron chi connectivity index (χ0n) is 24.6. The summed E-state index contributed by atoms with van der Waals surface area (Å²) in [6.07, 6.45) is 5.21. The summed E-state index contributed by atoms with van der Waals surface area (Å²) in [4.78, 5) is 15.1. The van der Waals surface area contributed by atoms with E-state index < -0.39 is 15.9 Å². The van der Waals surface area contributed by atoms with Gasteiger partial charge in [0.05, 0.1) is 23.6 Å². The van der Waals surface area contributed by atoms with Crippen molar-refractivity contribution in [3.05, 3.63) is 88.4 Å².